The second-order valence-corrected chi connectivity index (χ2v) is 9.19. The van der Waals surface area contributed by atoms with Gasteiger partial charge in [-0.2, -0.15) is 0 Å². The summed E-state index contributed by atoms with van der Waals surface area (Å²) in [4.78, 5) is 44.5. The maximum Gasteiger partial charge on any atom is 0.350 e. The van der Waals surface area contributed by atoms with Crippen LogP contribution < -0.4 is 9.64 Å². The number of rotatable bonds is 8. The normalized spacial score (nSPS) is 16.9. The van der Waals surface area contributed by atoms with E-state index in [-0.39, 0.29) is 21.3 Å². The Morgan fingerprint density at radius 3 is 2.44 bits per heavy atom. The monoisotopic (exact) mass is 506 g/mol. The van der Waals surface area contributed by atoms with Crippen LogP contribution in [0.2, 0.25) is 0 Å². The van der Waals surface area contributed by atoms with Crippen LogP contribution in [0, 0.1) is 6.92 Å². The number of esters is 1. The van der Waals surface area contributed by atoms with Crippen molar-refractivity contribution in [3.63, 3.8) is 0 Å². The number of Topliss-reactive ketones (excluding diaryl/α,β-unsaturated/α-hetero) is 1. The molecular formula is C27H26N2O6S. The number of carbonyl (C=O) groups excluding carboxylic acids is 3. The van der Waals surface area contributed by atoms with E-state index in [1.807, 2.05) is 6.07 Å². The Labute approximate surface area is 212 Å². The first-order valence-corrected chi connectivity index (χ1v) is 12.3. The van der Waals surface area contributed by atoms with E-state index in [4.69, 9.17) is 9.47 Å². The number of hydrogen-bond donors (Lipinski definition) is 1. The van der Waals surface area contributed by atoms with Gasteiger partial charge in [0.05, 0.1) is 31.0 Å². The maximum atomic E-state index is 13.3. The number of hydrogen-bond acceptors (Lipinski definition) is 8. The molecule has 1 aliphatic heterocycles. The third-order valence-corrected chi connectivity index (χ3v) is 6.95. The zero-order valence-corrected chi connectivity index (χ0v) is 21.0. The van der Waals surface area contributed by atoms with Crippen molar-refractivity contribution in [1.82, 2.24) is 4.98 Å². The van der Waals surface area contributed by atoms with Gasteiger partial charge in [-0.25, -0.2) is 9.78 Å². The molecule has 1 aromatic heterocycles. The largest absolute Gasteiger partial charge is 0.507 e. The smallest absolute Gasteiger partial charge is 0.350 e. The van der Waals surface area contributed by atoms with Gasteiger partial charge in [-0.15, -0.1) is 0 Å². The highest BCUT2D eigenvalue weighted by Gasteiger charge is 2.48. The molecule has 0 unspecified atom stereocenters. The van der Waals surface area contributed by atoms with E-state index in [2.05, 4.69) is 11.9 Å². The number of aliphatic hydroxyl groups excluding tert-OH is 1. The van der Waals surface area contributed by atoms with Crippen LogP contribution in [0.1, 0.15) is 52.3 Å². The zero-order chi connectivity index (χ0) is 25.8. The summed E-state index contributed by atoms with van der Waals surface area (Å²) in [6.07, 6.45) is 1.94. The molecule has 1 N–H and O–H groups in total. The minimum atomic E-state index is -0.928. The number of aliphatic hydroxyl groups is 1. The standard InChI is InChI=1S/C27H26N2O6S/c1-4-5-15-35-19-13-11-18(12-14-19)22(30)20-21(17-9-7-6-8-10-17)29(25(32)23(20)31)27-28-16(2)24(36-27)26(33)34-3/h6-14,21,30H,4-5,15H2,1-3H3/t21-/m1/s1. The van der Waals surface area contributed by atoms with Crippen LogP contribution in [0.15, 0.2) is 60.2 Å². The molecular weight excluding hydrogens is 480 g/mol. The Balaban J connectivity index is 1.80. The number of aromatic nitrogens is 1. The van der Waals surface area contributed by atoms with Gasteiger partial charge >= 0.3 is 11.9 Å². The highest BCUT2D eigenvalue weighted by Crippen LogP contribution is 2.43. The van der Waals surface area contributed by atoms with Crippen molar-refractivity contribution in [2.75, 3.05) is 18.6 Å². The highest BCUT2D eigenvalue weighted by atomic mass is 32.1. The van der Waals surface area contributed by atoms with E-state index >= 15 is 0 Å². The molecule has 0 radical (unpaired) electrons. The lowest BCUT2D eigenvalue weighted by atomic mass is 9.95. The fourth-order valence-corrected chi connectivity index (χ4v) is 4.96. The van der Waals surface area contributed by atoms with E-state index in [0.29, 0.717) is 29.2 Å². The average molecular weight is 507 g/mol. The lowest BCUT2D eigenvalue weighted by Crippen LogP contribution is -2.29. The number of ketones is 1. The molecule has 186 valence electrons. The maximum absolute atomic E-state index is 13.3. The molecule has 3 aromatic rings. The number of unbranched alkanes of at least 4 members (excludes halogenated alkanes) is 1. The topological polar surface area (TPSA) is 106 Å². The lowest BCUT2D eigenvalue weighted by Gasteiger charge is -2.23. The van der Waals surface area contributed by atoms with Crippen LogP contribution >= 0.6 is 11.3 Å². The fourth-order valence-electron chi connectivity index (χ4n) is 3.95. The van der Waals surface area contributed by atoms with Crippen molar-refractivity contribution in [2.45, 2.75) is 32.7 Å². The molecule has 0 spiro atoms. The van der Waals surface area contributed by atoms with Crippen molar-refractivity contribution >= 4 is 39.9 Å². The molecule has 0 bridgehead atoms. The van der Waals surface area contributed by atoms with Gasteiger partial charge in [0.2, 0.25) is 0 Å². The van der Waals surface area contributed by atoms with Crippen LogP contribution in [-0.2, 0) is 14.3 Å². The SMILES string of the molecule is CCCCOc1ccc(C(O)=C2C(=O)C(=O)N(c3nc(C)c(C(=O)OC)s3)[C@@H]2c2ccccc2)cc1. The van der Waals surface area contributed by atoms with Crippen molar-refractivity contribution in [1.29, 1.82) is 0 Å². The van der Waals surface area contributed by atoms with E-state index in [1.54, 1.807) is 55.5 Å². The Morgan fingerprint density at radius 2 is 1.81 bits per heavy atom. The number of aryl methyl sites for hydroxylation is 1. The van der Waals surface area contributed by atoms with Crippen LogP contribution in [0.4, 0.5) is 5.13 Å². The number of ether oxygens (including phenoxy) is 2. The zero-order valence-electron chi connectivity index (χ0n) is 20.2. The van der Waals surface area contributed by atoms with E-state index in [1.165, 1.54) is 12.0 Å². The van der Waals surface area contributed by atoms with Gasteiger partial charge in [0.15, 0.2) is 5.13 Å². The van der Waals surface area contributed by atoms with Crippen LogP contribution in [0.5, 0.6) is 5.75 Å². The average Bonchev–Trinajstić information content (AvgIpc) is 3.40. The van der Waals surface area contributed by atoms with E-state index in [0.717, 1.165) is 24.2 Å². The third-order valence-electron chi connectivity index (χ3n) is 5.82. The molecule has 1 atom stereocenters. The number of methoxy groups -OCH3 is 1. The molecule has 1 amide bonds. The molecule has 1 fully saturated rings. The molecule has 1 saturated heterocycles. The quantitative estimate of drug-likeness (QED) is 0.150. The van der Waals surface area contributed by atoms with Gasteiger partial charge in [-0.3, -0.25) is 14.5 Å². The summed E-state index contributed by atoms with van der Waals surface area (Å²) < 4.78 is 10.5. The minimum Gasteiger partial charge on any atom is -0.507 e. The molecule has 9 heteroatoms. The first-order valence-electron chi connectivity index (χ1n) is 11.5. The first-order chi connectivity index (χ1) is 17.4. The Kier molecular flexibility index (Phi) is 7.49. The van der Waals surface area contributed by atoms with Crippen molar-refractivity contribution in [2.24, 2.45) is 0 Å². The summed E-state index contributed by atoms with van der Waals surface area (Å²) in [6, 6.07) is 14.7. The van der Waals surface area contributed by atoms with Gasteiger partial charge in [0.25, 0.3) is 5.78 Å². The van der Waals surface area contributed by atoms with Gasteiger partial charge in [-0.1, -0.05) is 55.0 Å². The summed E-state index contributed by atoms with van der Waals surface area (Å²) in [6.45, 7) is 4.29. The Morgan fingerprint density at radius 1 is 1.11 bits per heavy atom. The summed E-state index contributed by atoms with van der Waals surface area (Å²) in [5, 5.41) is 11.4. The Hall–Kier alpha value is -3.98. The summed E-state index contributed by atoms with van der Waals surface area (Å²) in [7, 11) is 1.26. The van der Waals surface area contributed by atoms with Crippen molar-refractivity contribution in [3.8, 4) is 5.75 Å². The van der Waals surface area contributed by atoms with E-state index in [9.17, 15) is 19.5 Å². The number of anilines is 1. The van der Waals surface area contributed by atoms with Gasteiger partial charge in [0.1, 0.15) is 16.4 Å². The van der Waals surface area contributed by atoms with Crippen LogP contribution in [0.25, 0.3) is 5.76 Å². The summed E-state index contributed by atoms with van der Waals surface area (Å²) in [5.41, 5.74) is 1.32. The predicted molar refractivity (Wildman–Crippen MR) is 136 cm³/mol. The Bertz CT molecular complexity index is 1310. The van der Waals surface area contributed by atoms with E-state index < -0.39 is 23.7 Å². The number of benzene rings is 2. The number of amides is 1. The number of nitrogens with zero attached hydrogens (tertiary/aromatic N) is 2. The molecule has 4 rings (SSSR count). The fraction of sp³-hybridized carbons (Fsp3) is 0.259. The minimum absolute atomic E-state index is 0.0571. The molecule has 2 heterocycles. The second-order valence-electron chi connectivity index (χ2n) is 8.21. The lowest BCUT2D eigenvalue weighted by molar-refractivity contribution is -0.132. The molecule has 1 aliphatic rings. The molecule has 2 aromatic carbocycles. The van der Waals surface area contributed by atoms with Crippen molar-refractivity contribution in [3.05, 3.63) is 81.9 Å². The predicted octanol–water partition coefficient (Wildman–Crippen LogP) is 5.04. The number of thiazole rings is 1. The number of carbonyl (C=O) groups is 3. The molecule has 8 nitrogen and oxygen atoms in total. The second kappa shape index (κ2) is 10.7. The molecule has 36 heavy (non-hydrogen) atoms. The summed E-state index contributed by atoms with van der Waals surface area (Å²) in [5.74, 6) is -1.91. The summed E-state index contributed by atoms with van der Waals surface area (Å²) >= 11 is 0.961. The van der Waals surface area contributed by atoms with Gasteiger partial charge in [0, 0.05) is 5.56 Å². The van der Waals surface area contributed by atoms with Crippen LogP contribution in [-0.4, -0.2) is 41.5 Å². The van der Waals surface area contributed by atoms with Gasteiger partial charge < -0.3 is 14.6 Å². The first kappa shape index (κ1) is 25.1. The van der Waals surface area contributed by atoms with Gasteiger partial charge in [-0.05, 0) is 43.2 Å². The molecule has 0 aliphatic carbocycles. The van der Waals surface area contributed by atoms with Crippen molar-refractivity contribution < 1.29 is 29.0 Å². The van der Waals surface area contributed by atoms with Crippen LogP contribution in [0.3, 0.4) is 0 Å². The molecule has 0 saturated carbocycles. The third kappa shape index (κ3) is 4.74. The highest BCUT2D eigenvalue weighted by molar-refractivity contribution is 7.17.